The van der Waals surface area contributed by atoms with E-state index in [1.54, 1.807) is 0 Å². The molecule has 100 valence electrons. The Morgan fingerprint density at radius 2 is 1.89 bits per heavy atom. The number of hydrogen-bond donors (Lipinski definition) is 2. The molecule has 0 fully saturated rings. The summed E-state index contributed by atoms with van der Waals surface area (Å²) in [6.45, 7) is 6.03. The van der Waals surface area contributed by atoms with E-state index in [1.165, 1.54) is 0 Å². The van der Waals surface area contributed by atoms with Crippen LogP contribution in [-0.4, -0.2) is 11.9 Å². The van der Waals surface area contributed by atoms with Gasteiger partial charge in [0.2, 0.25) is 5.91 Å². The molecular weight excluding hydrogens is 248 g/mol. The van der Waals surface area contributed by atoms with E-state index in [-0.39, 0.29) is 11.9 Å². The molecule has 3 N–H and O–H groups in total. The lowest BCUT2D eigenvalue weighted by Crippen LogP contribution is -2.43. The van der Waals surface area contributed by atoms with Crippen LogP contribution < -0.4 is 11.1 Å². The predicted octanol–water partition coefficient (Wildman–Crippen LogP) is 2.89. The van der Waals surface area contributed by atoms with Gasteiger partial charge < -0.3 is 11.1 Å². The molecule has 0 aliphatic heterocycles. The molecule has 18 heavy (non-hydrogen) atoms. The summed E-state index contributed by atoms with van der Waals surface area (Å²) >= 11 is 5.87. The Morgan fingerprint density at radius 3 is 2.33 bits per heavy atom. The third kappa shape index (κ3) is 4.00. The summed E-state index contributed by atoms with van der Waals surface area (Å²) in [7, 11) is 0. The van der Waals surface area contributed by atoms with Gasteiger partial charge in [-0.05, 0) is 30.0 Å². The van der Waals surface area contributed by atoms with Crippen molar-refractivity contribution >= 4 is 17.5 Å². The minimum Gasteiger partial charge on any atom is -0.348 e. The van der Waals surface area contributed by atoms with Crippen LogP contribution in [0.15, 0.2) is 24.3 Å². The second kappa shape index (κ2) is 6.76. The van der Waals surface area contributed by atoms with Crippen molar-refractivity contribution in [3.63, 3.8) is 0 Å². The smallest absolute Gasteiger partial charge is 0.237 e. The van der Waals surface area contributed by atoms with Crippen LogP contribution in [0.4, 0.5) is 0 Å². The summed E-state index contributed by atoms with van der Waals surface area (Å²) < 4.78 is 0. The molecule has 0 heterocycles. The first-order chi connectivity index (χ1) is 8.45. The number of nitrogens with two attached hydrogens (primary N) is 1. The van der Waals surface area contributed by atoms with Crippen LogP contribution >= 0.6 is 11.6 Å². The molecule has 3 nitrogen and oxygen atoms in total. The van der Waals surface area contributed by atoms with Crippen molar-refractivity contribution in [1.29, 1.82) is 0 Å². The van der Waals surface area contributed by atoms with Crippen LogP contribution in [0.5, 0.6) is 0 Å². The van der Waals surface area contributed by atoms with Gasteiger partial charge >= 0.3 is 0 Å². The average Bonchev–Trinajstić information content (AvgIpc) is 2.35. The monoisotopic (exact) mass is 268 g/mol. The summed E-state index contributed by atoms with van der Waals surface area (Å²) in [5.74, 6) is 0.185. The van der Waals surface area contributed by atoms with E-state index in [4.69, 9.17) is 17.3 Å². The van der Waals surface area contributed by atoms with Crippen LogP contribution in [0, 0.1) is 5.92 Å². The molecule has 1 amide bonds. The third-order valence-corrected chi connectivity index (χ3v) is 3.22. The van der Waals surface area contributed by atoms with Gasteiger partial charge in [0.05, 0.1) is 12.1 Å². The van der Waals surface area contributed by atoms with Crippen LogP contribution in [0.2, 0.25) is 5.02 Å². The number of amides is 1. The zero-order valence-electron chi connectivity index (χ0n) is 11.1. The number of halogens is 1. The third-order valence-electron chi connectivity index (χ3n) is 2.97. The summed E-state index contributed by atoms with van der Waals surface area (Å²) in [6.07, 6.45) is 0.636. The molecule has 0 radical (unpaired) electrons. The molecule has 0 spiro atoms. The number of hydrogen-bond acceptors (Lipinski definition) is 2. The number of carbonyl (C=O) groups is 1. The number of nitrogens with one attached hydrogen (secondary N) is 1. The van der Waals surface area contributed by atoms with Gasteiger partial charge in [0, 0.05) is 5.02 Å². The van der Waals surface area contributed by atoms with E-state index in [0.29, 0.717) is 17.4 Å². The van der Waals surface area contributed by atoms with E-state index in [2.05, 4.69) is 19.2 Å². The Morgan fingerprint density at radius 1 is 1.33 bits per heavy atom. The quantitative estimate of drug-likeness (QED) is 0.863. The Balaban J connectivity index is 2.83. The first-order valence-corrected chi connectivity index (χ1v) is 6.65. The number of rotatable bonds is 5. The molecule has 0 saturated carbocycles. The highest BCUT2D eigenvalue weighted by Gasteiger charge is 2.20. The van der Waals surface area contributed by atoms with Gasteiger partial charge in [-0.15, -0.1) is 0 Å². The Kier molecular flexibility index (Phi) is 5.63. The molecule has 0 aliphatic rings. The highest BCUT2D eigenvalue weighted by molar-refractivity contribution is 6.30. The van der Waals surface area contributed by atoms with Gasteiger partial charge in [0.25, 0.3) is 0 Å². The lowest BCUT2D eigenvalue weighted by Gasteiger charge is -2.24. The standard InChI is InChI=1S/C14H21ClN2O/c1-4-12(16)14(18)17-13(9(2)3)10-5-7-11(15)8-6-10/h5-9,12-13H,4,16H2,1-3H3,(H,17,18)/t12-,13?/m1/s1. The summed E-state index contributed by atoms with van der Waals surface area (Å²) in [5.41, 5.74) is 6.78. The van der Waals surface area contributed by atoms with E-state index in [1.807, 2.05) is 31.2 Å². The normalized spacial score (nSPS) is 14.3. The van der Waals surface area contributed by atoms with Crippen LogP contribution in [-0.2, 0) is 4.79 Å². The summed E-state index contributed by atoms with van der Waals surface area (Å²) in [6, 6.07) is 7.05. The number of benzene rings is 1. The van der Waals surface area contributed by atoms with E-state index < -0.39 is 6.04 Å². The first-order valence-electron chi connectivity index (χ1n) is 6.27. The van der Waals surface area contributed by atoms with E-state index in [0.717, 1.165) is 5.56 Å². The fourth-order valence-electron chi connectivity index (χ4n) is 1.75. The maximum Gasteiger partial charge on any atom is 0.237 e. The SMILES string of the molecule is CC[C@@H](N)C(=O)NC(c1ccc(Cl)cc1)C(C)C. The molecule has 1 aromatic carbocycles. The molecule has 4 heteroatoms. The topological polar surface area (TPSA) is 55.1 Å². The fourth-order valence-corrected chi connectivity index (χ4v) is 1.88. The molecule has 1 aromatic rings. The molecule has 2 atom stereocenters. The van der Waals surface area contributed by atoms with Gasteiger partial charge in [-0.1, -0.05) is 44.5 Å². The van der Waals surface area contributed by atoms with Crippen molar-refractivity contribution in [3.05, 3.63) is 34.9 Å². The maximum atomic E-state index is 11.9. The van der Waals surface area contributed by atoms with Crippen molar-refractivity contribution in [2.24, 2.45) is 11.7 Å². The van der Waals surface area contributed by atoms with Gasteiger partial charge in [-0.3, -0.25) is 4.79 Å². The second-order valence-corrected chi connectivity index (χ2v) is 5.23. The highest BCUT2D eigenvalue weighted by Crippen LogP contribution is 2.23. The molecule has 1 unspecified atom stereocenters. The molecular formula is C14H21ClN2O. The first kappa shape index (κ1) is 15.0. The van der Waals surface area contributed by atoms with Crippen molar-refractivity contribution in [3.8, 4) is 0 Å². The van der Waals surface area contributed by atoms with Crippen LogP contribution in [0.3, 0.4) is 0 Å². The van der Waals surface area contributed by atoms with Crippen LogP contribution in [0.25, 0.3) is 0 Å². The van der Waals surface area contributed by atoms with Gasteiger partial charge in [0.15, 0.2) is 0 Å². The Bertz CT molecular complexity index is 389. The van der Waals surface area contributed by atoms with Gasteiger partial charge in [-0.2, -0.15) is 0 Å². The number of carbonyl (C=O) groups excluding carboxylic acids is 1. The van der Waals surface area contributed by atoms with Crippen molar-refractivity contribution in [1.82, 2.24) is 5.32 Å². The molecule has 0 bridgehead atoms. The average molecular weight is 269 g/mol. The summed E-state index contributed by atoms with van der Waals surface area (Å²) in [5, 5.41) is 3.69. The second-order valence-electron chi connectivity index (χ2n) is 4.80. The van der Waals surface area contributed by atoms with E-state index >= 15 is 0 Å². The summed E-state index contributed by atoms with van der Waals surface area (Å²) in [4.78, 5) is 11.9. The van der Waals surface area contributed by atoms with Crippen LogP contribution in [0.1, 0.15) is 38.8 Å². The van der Waals surface area contributed by atoms with Crippen molar-refractivity contribution < 1.29 is 4.79 Å². The Hall–Kier alpha value is -1.06. The highest BCUT2D eigenvalue weighted by atomic mass is 35.5. The van der Waals surface area contributed by atoms with Gasteiger partial charge in [0.1, 0.15) is 0 Å². The minimum absolute atomic E-state index is 0.0348. The predicted molar refractivity (Wildman–Crippen MR) is 75.4 cm³/mol. The molecule has 0 aliphatic carbocycles. The largest absolute Gasteiger partial charge is 0.348 e. The Labute approximate surface area is 114 Å². The zero-order chi connectivity index (χ0) is 13.7. The van der Waals surface area contributed by atoms with Crippen molar-refractivity contribution in [2.75, 3.05) is 0 Å². The molecule has 0 saturated heterocycles. The fraction of sp³-hybridized carbons (Fsp3) is 0.500. The lowest BCUT2D eigenvalue weighted by atomic mass is 9.95. The molecule has 0 aromatic heterocycles. The van der Waals surface area contributed by atoms with Crippen molar-refractivity contribution in [2.45, 2.75) is 39.3 Å². The zero-order valence-corrected chi connectivity index (χ0v) is 11.9. The lowest BCUT2D eigenvalue weighted by molar-refractivity contribution is -0.123. The van der Waals surface area contributed by atoms with Gasteiger partial charge in [-0.25, -0.2) is 0 Å². The maximum absolute atomic E-state index is 11.9. The van der Waals surface area contributed by atoms with E-state index in [9.17, 15) is 4.79 Å². The molecule has 1 rings (SSSR count). The minimum atomic E-state index is -0.446.